The van der Waals surface area contributed by atoms with E-state index in [1.807, 2.05) is 6.92 Å². The third-order valence-corrected chi connectivity index (χ3v) is 3.07. The highest BCUT2D eigenvalue weighted by Gasteiger charge is 2.17. The van der Waals surface area contributed by atoms with Gasteiger partial charge in [-0.15, -0.1) is 5.10 Å². The monoisotopic (exact) mass is 281 g/mol. The van der Waals surface area contributed by atoms with E-state index in [4.69, 9.17) is 5.11 Å². The molecule has 0 spiro atoms. The van der Waals surface area contributed by atoms with Gasteiger partial charge in [0.05, 0.1) is 5.69 Å². The van der Waals surface area contributed by atoms with Crippen LogP contribution in [0.15, 0.2) is 6.07 Å². The van der Waals surface area contributed by atoms with Crippen molar-refractivity contribution in [3.05, 3.63) is 22.3 Å². The first-order valence-corrected chi connectivity index (χ1v) is 6.30. The number of aromatic nitrogens is 4. The minimum absolute atomic E-state index is 0.0912. The van der Waals surface area contributed by atoms with Gasteiger partial charge >= 0.3 is 5.97 Å². The molecule has 0 saturated carbocycles. The molecule has 100 valence electrons. The van der Waals surface area contributed by atoms with Gasteiger partial charge in [-0.05, 0) is 18.0 Å². The Hall–Kier alpha value is -2.29. The fourth-order valence-corrected chi connectivity index (χ4v) is 2.05. The van der Waals surface area contributed by atoms with E-state index in [9.17, 15) is 9.59 Å². The third-order valence-electron chi connectivity index (χ3n) is 2.30. The van der Waals surface area contributed by atoms with Crippen LogP contribution < -0.4 is 5.32 Å². The van der Waals surface area contributed by atoms with Crippen LogP contribution in [-0.4, -0.2) is 36.8 Å². The summed E-state index contributed by atoms with van der Waals surface area (Å²) in [5.41, 5.74) is 0.547. The number of carbonyl (C=O) groups excluding carboxylic acids is 1. The number of aromatic carboxylic acids is 1. The van der Waals surface area contributed by atoms with E-state index in [1.54, 1.807) is 0 Å². The molecule has 8 nitrogen and oxygen atoms in total. The van der Waals surface area contributed by atoms with E-state index in [2.05, 4.69) is 25.1 Å². The lowest BCUT2D eigenvalue weighted by molar-refractivity contribution is 0.0690. The molecule has 0 aliphatic heterocycles. The summed E-state index contributed by atoms with van der Waals surface area (Å²) < 4.78 is 3.75. The van der Waals surface area contributed by atoms with E-state index in [-0.39, 0.29) is 17.4 Å². The molecule has 0 aliphatic rings. The number of nitrogens with zero attached hydrogens (tertiary/aromatic N) is 3. The van der Waals surface area contributed by atoms with Crippen LogP contribution in [0.3, 0.4) is 0 Å². The molecule has 0 saturated heterocycles. The van der Waals surface area contributed by atoms with Gasteiger partial charge in [-0.3, -0.25) is 9.89 Å². The van der Waals surface area contributed by atoms with Gasteiger partial charge < -0.3 is 10.4 Å². The number of nitrogens with one attached hydrogen (secondary N) is 2. The molecule has 0 radical (unpaired) electrons. The van der Waals surface area contributed by atoms with Crippen LogP contribution in [-0.2, 0) is 6.42 Å². The number of amides is 1. The molecule has 3 N–H and O–H groups in total. The first-order valence-electron chi connectivity index (χ1n) is 5.53. The zero-order valence-corrected chi connectivity index (χ0v) is 10.8. The second-order valence-electron chi connectivity index (χ2n) is 3.72. The van der Waals surface area contributed by atoms with Crippen LogP contribution in [0.2, 0.25) is 0 Å². The molecule has 2 aromatic heterocycles. The van der Waals surface area contributed by atoms with Gasteiger partial charge in [0.15, 0.2) is 5.82 Å². The van der Waals surface area contributed by atoms with Crippen molar-refractivity contribution >= 4 is 29.2 Å². The minimum Gasteiger partial charge on any atom is -0.477 e. The largest absolute Gasteiger partial charge is 0.477 e. The van der Waals surface area contributed by atoms with E-state index >= 15 is 0 Å². The predicted molar refractivity (Wildman–Crippen MR) is 67.4 cm³/mol. The maximum atomic E-state index is 12.0. The SMILES string of the molecule is CCCc1nnsc1C(=O)Nc1cc(C(=O)O)[nH]n1. The topological polar surface area (TPSA) is 121 Å². The average Bonchev–Trinajstić information content (AvgIpc) is 2.98. The molecule has 2 aromatic rings. The second-order valence-corrected chi connectivity index (χ2v) is 4.48. The molecule has 2 rings (SSSR count). The lowest BCUT2D eigenvalue weighted by Crippen LogP contribution is -2.12. The fraction of sp³-hybridized carbons (Fsp3) is 0.300. The zero-order valence-electron chi connectivity index (χ0n) is 10.0. The van der Waals surface area contributed by atoms with Gasteiger partial charge in [0.25, 0.3) is 5.91 Å². The summed E-state index contributed by atoms with van der Waals surface area (Å²) in [6.07, 6.45) is 1.53. The standard InChI is InChI=1S/C10H11N5O3S/c1-2-3-5-8(19-15-13-5)9(16)11-7-4-6(10(17)18)12-14-7/h4H,2-3H2,1H3,(H,17,18)(H2,11,12,14,16). The molecule has 2 heterocycles. The molecular weight excluding hydrogens is 270 g/mol. The zero-order chi connectivity index (χ0) is 13.8. The Bertz CT molecular complexity index is 606. The summed E-state index contributed by atoms with van der Waals surface area (Å²) in [6.45, 7) is 1.98. The van der Waals surface area contributed by atoms with Crippen LogP contribution >= 0.6 is 11.5 Å². The highest BCUT2D eigenvalue weighted by atomic mass is 32.1. The fourth-order valence-electron chi connectivity index (χ4n) is 1.45. The highest BCUT2D eigenvalue weighted by molar-refractivity contribution is 7.08. The van der Waals surface area contributed by atoms with Gasteiger partial charge in [-0.1, -0.05) is 17.8 Å². The van der Waals surface area contributed by atoms with Crippen molar-refractivity contribution < 1.29 is 14.7 Å². The molecule has 0 aromatic carbocycles. The maximum absolute atomic E-state index is 12.0. The van der Waals surface area contributed by atoms with Crippen molar-refractivity contribution in [2.24, 2.45) is 0 Å². The number of carboxylic acids is 1. The Morgan fingerprint density at radius 2 is 2.32 bits per heavy atom. The van der Waals surface area contributed by atoms with Crippen molar-refractivity contribution in [2.45, 2.75) is 19.8 Å². The van der Waals surface area contributed by atoms with Crippen LogP contribution in [0.4, 0.5) is 5.82 Å². The minimum atomic E-state index is -1.14. The Morgan fingerprint density at radius 3 is 2.95 bits per heavy atom. The summed E-state index contributed by atoms with van der Waals surface area (Å²) >= 11 is 1.00. The van der Waals surface area contributed by atoms with Crippen LogP contribution in [0, 0.1) is 0 Å². The van der Waals surface area contributed by atoms with E-state index in [1.165, 1.54) is 6.07 Å². The Balaban J connectivity index is 2.11. The number of hydrogen-bond acceptors (Lipinski definition) is 6. The lowest BCUT2D eigenvalue weighted by Gasteiger charge is -1.99. The van der Waals surface area contributed by atoms with Gasteiger partial charge in [-0.2, -0.15) is 5.10 Å². The van der Waals surface area contributed by atoms with E-state index in [0.717, 1.165) is 18.0 Å². The molecule has 0 fully saturated rings. The molecule has 0 aliphatic carbocycles. The van der Waals surface area contributed by atoms with Gasteiger partial charge in [0.2, 0.25) is 0 Å². The number of rotatable bonds is 5. The number of anilines is 1. The number of H-pyrrole nitrogens is 1. The van der Waals surface area contributed by atoms with E-state index < -0.39 is 5.97 Å². The summed E-state index contributed by atoms with van der Waals surface area (Å²) in [4.78, 5) is 23.1. The smallest absolute Gasteiger partial charge is 0.353 e. The number of hydrogen-bond donors (Lipinski definition) is 3. The second kappa shape index (κ2) is 5.57. The maximum Gasteiger partial charge on any atom is 0.353 e. The van der Waals surface area contributed by atoms with Crippen molar-refractivity contribution in [1.29, 1.82) is 0 Å². The van der Waals surface area contributed by atoms with Gasteiger partial charge in [-0.25, -0.2) is 4.79 Å². The summed E-state index contributed by atoms with van der Waals surface area (Å²) in [5.74, 6) is -1.38. The third kappa shape index (κ3) is 2.94. The van der Waals surface area contributed by atoms with Gasteiger partial charge in [0.1, 0.15) is 10.6 Å². The van der Waals surface area contributed by atoms with Crippen molar-refractivity contribution in [3.8, 4) is 0 Å². The molecule has 19 heavy (non-hydrogen) atoms. The molecule has 9 heteroatoms. The number of carbonyl (C=O) groups is 2. The van der Waals surface area contributed by atoms with Crippen molar-refractivity contribution in [1.82, 2.24) is 19.8 Å². The summed E-state index contributed by atoms with van der Waals surface area (Å²) in [7, 11) is 0. The molecule has 0 bridgehead atoms. The van der Waals surface area contributed by atoms with E-state index in [0.29, 0.717) is 17.0 Å². The van der Waals surface area contributed by atoms with Crippen LogP contribution in [0.1, 0.15) is 39.2 Å². The van der Waals surface area contributed by atoms with Crippen LogP contribution in [0.25, 0.3) is 0 Å². The molecule has 0 unspecified atom stereocenters. The summed E-state index contributed by atoms with van der Waals surface area (Å²) in [5, 5.41) is 21.1. The van der Waals surface area contributed by atoms with Crippen molar-refractivity contribution in [2.75, 3.05) is 5.32 Å². The molecule has 1 amide bonds. The van der Waals surface area contributed by atoms with Crippen molar-refractivity contribution in [3.63, 3.8) is 0 Å². The molecule has 0 atom stereocenters. The Kier molecular flexibility index (Phi) is 3.85. The first-order chi connectivity index (χ1) is 9.11. The quantitative estimate of drug-likeness (QED) is 0.756. The highest BCUT2D eigenvalue weighted by Crippen LogP contribution is 2.15. The Labute approximate surface area is 112 Å². The number of aromatic amines is 1. The normalized spacial score (nSPS) is 10.4. The van der Waals surface area contributed by atoms with Gasteiger partial charge in [0, 0.05) is 6.07 Å². The number of carboxylic acid groups (broad SMARTS) is 1. The first kappa shape index (κ1) is 13.1. The average molecular weight is 281 g/mol. The predicted octanol–water partition coefficient (Wildman–Crippen LogP) is 1.16. The Morgan fingerprint density at radius 1 is 1.53 bits per heavy atom. The number of aryl methyl sites for hydroxylation is 1. The lowest BCUT2D eigenvalue weighted by atomic mass is 10.2. The molecular formula is C10H11N5O3S. The summed E-state index contributed by atoms with van der Waals surface area (Å²) in [6, 6.07) is 1.24. The van der Waals surface area contributed by atoms with Crippen LogP contribution in [0.5, 0.6) is 0 Å².